The van der Waals surface area contributed by atoms with Gasteiger partial charge in [0.1, 0.15) is 5.75 Å². The van der Waals surface area contributed by atoms with Gasteiger partial charge in [0, 0.05) is 0 Å². The lowest BCUT2D eigenvalue weighted by atomic mass is 10.1. The summed E-state index contributed by atoms with van der Waals surface area (Å²) in [6, 6.07) is 7.68. The van der Waals surface area contributed by atoms with Gasteiger partial charge in [-0.15, -0.1) is 0 Å². The zero-order valence-electron chi connectivity index (χ0n) is 13.5. The van der Waals surface area contributed by atoms with Crippen LogP contribution in [0.4, 0.5) is 0 Å². The molecular weight excluding hydrogens is 262 g/mol. The van der Waals surface area contributed by atoms with E-state index >= 15 is 0 Å². The third-order valence-corrected chi connectivity index (χ3v) is 3.69. The number of hydrogen-bond donors (Lipinski definition) is 1. The fourth-order valence-electron chi connectivity index (χ4n) is 2.28. The Bertz CT molecular complexity index is 398. The highest BCUT2D eigenvalue weighted by atomic mass is 16.5. The standard InChI is InChI=1S/C18H29NO2/c1-3-4-5-6-7-8-9-10-15-21-18-13-11-17(12-14-18)16(2)19-20/h11-14,20H,3-10,15H2,1-2H3. The molecule has 0 bridgehead atoms. The summed E-state index contributed by atoms with van der Waals surface area (Å²) in [5, 5.41) is 11.9. The number of ether oxygens (including phenoxy) is 1. The fourth-order valence-corrected chi connectivity index (χ4v) is 2.28. The summed E-state index contributed by atoms with van der Waals surface area (Å²) >= 11 is 0. The van der Waals surface area contributed by atoms with Gasteiger partial charge >= 0.3 is 0 Å². The number of nitrogens with zero attached hydrogens (tertiary/aromatic N) is 1. The minimum Gasteiger partial charge on any atom is -0.494 e. The highest BCUT2D eigenvalue weighted by molar-refractivity contribution is 5.98. The first-order chi connectivity index (χ1) is 10.3. The van der Waals surface area contributed by atoms with E-state index in [-0.39, 0.29) is 0 Å². The van der Waals surface area contributed by atoms with Crippen molar-refractivity contribution in [3.63, 3.8) is 0 Å². The molecule has 3 nitrogen and oxygen atoms in total. The number of rotatable bonds is 11. The molecule has 0 aromatic heterocycles. The zero-order chi connectivity index (χ0) is 15.3. The van der Waals surface area contributed by atoms with E-state index in [4.69, 9.17) is 9.94 Å². The first kappa shape index (κ1) is 17.5. The van der Waals surface area contributed by atoms with Crippen molar-refractivity contribution in [2.45, 2.75) is 65.2 Å². The minimum atomic E-state index is 0.615. The molecule has 0 spiro atoms. The Morgan fingerprint density at radius 1 is 0.952 bits per heavy atom. The Hall–Kier alpha value is -1.51. The quantitative estimate of drug-likeness (QED) is 0.256. The predicted molar refractivity (Wildman–Crippen MR) is 88.5 cm³/mol. The molecule has 1 rings (SSSR count). The molecule has 0 amide bonds. The van der Waals surface area contributed by atoms with Gasteiger partial charge in [-0.3, -0.25) is 0 Å². The fraction of sp³-hybridized carbons (Fsp3) is 0.611. The lowest BCUT2D eigenvalue weighted by Crippen LogP contribution is -1.98. The van der Waals surface area contributed by atoms with Crippen molar-refractivity contribution in [1.82, 2.24) is 0 Å². The topological polar surface area (TPSA) is 41.8 Å². The normalized spacial score (nSPS) is 11.6. The van der Waals surface area contributed by atoms with Gasteiger partial charge in [0.2, 0.25) is 0 Å². The van der Waals surface area contributed by atoms with E-state index in [9.17, 15) is 0 Å². The lowest BCUT2D eigenvalue weighted by molar-refractivity contribution is 0.304. The molecule has 0 aliphatic rings. The summed E-state index contributed by atoms with van der Waals surface area (Å²) in [7, 11) is 0. The van der Waals surface area contributed by atoms with Gasteiger partial charge in [-0.2, -0.15) is 0 Å². The minimum absolute atomic E-state index is 0.615. The van der Waals surface area contributed by atoms with E-state index in [1.54, 1.807) is 6.92 Å². The maximum Gasteiger partial charge on any atom is 0.119 e. The van der Waals surface area contributed by atoms with E-state index in [0.29, 0.717) is 5.71 Å². The maximum absolute atomic E-state index is 8.71. The molecule has 0 atom stereocenters. The summed E-state index contributed by atoms with van der Waals surface area (Å²) < 4.78 is 5.72. The summed E-state index contributed by atoms with van der Waals surface area (Å²) in [5.41, 5.74) is 1.53. The van der Waals surface area contributed by atoms with Gasteiger partial charge in [0.15, 0.2) is 0 Å². The van der Waals surface area contributed by atoms with Crippen molar-refractivity contribution in [1.29, 1.82) is 0 Å². The van der Waals surface area contributed by atoms with Gasteiger partial charge in [-0.05, 0) is 43.2 Å². The molecule has 1 aromatic carbocycles. The van der Waals surface area contributed by atoms with E-state index in [1.807, 2.05) is 24.3 Å². The van der Waals surface area contributed by atoms with Crippen LogP contribution in [-0.2, 0) is 0 Å². The lowest BCUT2D eigenvalue weighted by Gasteiger charge is -2.07. The van der Waals surface area contributed by atoms with E-state index in [0.717, 1.165) is 24.3 Å². The van der Waals surface area contributed by atoms with Crippen LogP contribution in [0.2, 0.25) is 0 Å². The number of hydrogen-bond acceptors (Lipinski definition) is 3. The molecule has 0 aliphatic heterocycles. The maximum atomic E-state index is 8.71. The molecule has 21 heavy (non-hydrogen) atoms. The average Bonchev–Trinajstić information content (AvgIpc) is 2.53. The van der Waals surface area contributed by atoms with Crippen LogP contribution in [0.15, 0.2) is 29.4 Å². The summed E-state index contributed by atoms with van der Waals surface area (Å²) in [4.78, 5) is 0. The largest absolute Gasteiger partial charge is 0.494 e. The highest BCUT2D eigenvalue weighted by Crippen LogP contribution is 2.14. The van der Waals surface area contributed by atoms with Gasteiger partial charge in [-0.25, -0.2) is 0 Å². The Balaban J connectivity index is 2.08. The molecule has 0 saturated heterocycles. The van der Waals surface area contributed by atoms with Crippen LogP contribution in [0.25, 0.3) is 0 Å². The van der Waals surface area contributed by atoms with Crippen LogP contribution in [0.1, 0.15) is 70.8 Å². The van der Waals surface area contributed by atoms with Crippen molar-refractivity contribution in [3.05, 3.63) is 29.8 Å². The zero-order valence-corrected chi connectivity index (χ0v) is 13.5. The predicted octanol–water partition coefficient (Wildman–Crippen LogP) is 5.40. The van der Waals surface area contributed by atoms with Gasteiger partial charge in [-0.1, -0.05) is 57.0 Å². The van der Waals surface area contributed by atoms with E-state index < -0.39 is 0 Å². The Labute approximate surface area is 129 Å². The second-order valence-corrected chi connectivity index (χ2v) is 5.53. The van der Waals surface area contributed by atoms with Crippen molar-refractivity contribution in [3.8, 4) is 5.75 Å². The van der Waals surface area contributed by atoms with Crippen molar-refractivity contribution < 1.29 is 9.94 Å². The summed E-state index contributed by atoms with van der Waals surface area (Å²) in [5.74, 6) is 0.882. The number of benzene rings is 1. The van der Waals surface area contributed by atoms with Gasteiger partial charge < -0.3 is 9.94 Å². The average molecular weight is 291 g/mol. The Kier molecular flexibility index (Phi) is 9.34. The molecule has 0 saturated carbocycles. The monoisotopic (exact) mass is 291 g/mol. The van der Waals surface area contributed by atoms with Crippen LogP contribution in [0, 0.1) is 0 Å². The second kappa shape index (κ2) is 11.2. The van der Waals surface area contributed by atoms with Crippen LogP contribution in [-0.4, -0.2) is 17.5 Å². The molecule has 118 valence electrons. The molecule has 0 unspecified atom stereocenters. The molecule has 3 heteroatoms. The third-order valence-electron chi connectivity index (χ3n) is 3.69. The third kappa shape index (κ3) is 7.74. The number of unbranched alkanes of at least 4 members (excludes halogenated alkanes) is 7. The molecule has 0 radical (unpaired) electrons. The first-order valence-electron chi connectivity index (χ1n) is 8.19. The molecule has 1 aromatic rings. The molecule has 0 heterocycles. The van der Waals surface area contributed by atoms with E-state index in [2.05, 4.69) is 12.1 Å². The molecule has 1 N–H and O–H groups in total. The molecule has 0 aliphatic carbocycles. The SMILES string of the molecule is CCCCCCCCCCOc1ccc(C(C)=NO)cc1. The Morgan fingerprint density at radius 2 is 1.52 bits per heavy atom. The van der Waals surface area contributed by atoms with Crippen molar-refractivity contribution in [2.75, 3.05) is 6.61 Å². The highest BCUT2D eigenvalue weighted by Gasteiger charge is 1.99. The van der Waals surface area contributed by atoms with Crippen LogP contribution >= 0.6 is 0 Å². The Morgan fingerprint density at radius 3 is 2.10 bits per heavy atom. The van der Waals surface area contributed by atoms with Crippen LogP contribution in [0.3, 0.4) is 0 Å². The van der Waals surface area contributed by atoms with Gasteiger partial charge in [0.05, 0.1) is 12.3 Å². The smallest absolute Gasteiger partial charge is 0.119 e. The molecular formula is C18H29NO2. The summed E-state index contributed by atoms with van der Waals surface area (Å²) in [6.45, 7) is 4.81. The van der Waals surface area contributed by atoms with Crippen LogP contribution < -0.4 is 4.74 Å². The molecule has 0 fully saturated rings. The summed E-state index contributed by atoms with van der Waals surface area (Å²) in [6.07, 6.45) is 10.5. The van der Waals surface area contributed by atoms with E-state index in [1.165, 1.54) is 44.9 Å². The number of oxime groups is 1. The first-order valence-corrected chi connectivity index (χ1v) is 8.19. The van der Waals surface area contributed by atoms with Gasteiger partial charge in [0.25, 0.3) is 0 Å². The van der Waals surface area contributed by atoms with Crippen LogP contribution in [0.5, 0.6) is 5.75 Å². The van der Waals surface area contributed by atoms with Crippen molar-refractivity contribution in [2.24, 2.45) is 5.16 Å². The van der Waals surface area contributed by atoms with Crippen molar-refractivity contribution >= 4 is 5.71 Å². The second-order valence-electron chi connectivity index (χ2n) is 5.53.